The first-order valence-corrected chi connectivity index (χ1v) is 3.70. The maximum atomic E-state index is 10.8. The summed E-state index contributed by atoms with van der Waals surface area (Å²) in [5.41, 5.74) is 0. The Bertz CT molecular complexity index is 256. The molecule has 0 aliphatic heterocycles. The molecule has 0 bridgehead atoms. The van der Waals surface area contributed by atoms with E-state index in [2.05, 4.69) is 10.1 Å². The quantitative estimate of drug-likeness (QED) is 0.717. The molecule has 1 heterocycles. The molecule has 0 unspecified atom stereocenters. The predicted octanol–water partition coefficient (Wildman–Crippen LogP) is 0.560. The first kappa shape index (κ1) is 8.70. The summed E-state index contributed by atoms with van der Waals surface area (Å²) < 4.78 is 1.35. The maximum absolute atomic E-state index is 10.8. The van der Waals surface area contributed by atoms with Crippen LogP contribution in [0.15, 0.2) is 12.7 Å². The van der Waals surface area contributed by atoms with E-state index in [-0.39, 0.29) is 5.92 Å². The summed E-state index contributed by atoms with van der Waals surface area (Å²) >= 11 is 0. The van der Waals surface area contributed by atoms with Gasteiger partial charge in [0.05, 0.1) is 0 Å². The van der Waals surface area contributed by atoms with Crippen LogP contribution >= 0.6 is 0 Å². The molecule has 1 aromatic rings. The lowest BCUT2D eigenvalue weighted by atomic mass is 10.1. The summed E-state index contributed by atoms with van der Waals surface area (Å²) in [5, 5.41) is 12.6. The number of hydrogen-bond donors (Lipinski definition) is 1. The van der Waals surface area contributed by atoms with Crippen LogP contribution < -0.4 is 0 Å². The Hall–Kier alpha value is -1.39. The van der Waals surface area contributed by atoms with Gasteiger partial charge in [-0.2, -0.15) is 5.10 Å². The summed E-state index contributed by atoms with van der Waals surface area (Å²) in [6.45, 7) is 3.67. The lowest BCUT2D eigenvalue weighted by molar-refractivity contribution is -0.142. The zero-order valence-electron chi connectivity index (χ0n) is 7.01. The van der Waals surface area contributed by atoms with Crippen molar-refractivity contribution in [1.82, 2.24) is 14.8 Å². The summed E-state index contributed by atoms with van der Waals surface area (Å²) in [6.07, 6.45) is 2.75. The SMILES string of the molecule is CC(C)[C@H](C(=O)O)n1cncn1. The van der Waals surface area contributed by atoms with Gasteiger partial charge in [-0.05, 0) is 5.92 Å². The molecule has 0 saturated carbocycles. The van der Waals surface area contributed by atoms with Gasteiger partial charge in [0.2, 0.25) is 0 Å². The van der Waals surface area contributed by atoms with E-state index < -0.39 is 12.0 Å². The highest BCUT2D eigenvalue weighted by Crippen LogP contribution is 2.15. The molecular formula is C7H11N3O2. The molecule has 1 atom stereocenters. The van der Waals surface area contributed by atoms with Crippen molar-refractivity contribution in [3.63, 3.8) is 0 Å². The molecule has 5 heteroatoms. The Kier molecular flexibility index (Phi) is 2.42. The fraction of sp³-hybridized carbons (Fsp3) is 0.571. The Labute approximate surface area is 70.0 Å². The molecule has 0 aromatic carbocycles. The second-order valence-electron chi connectivity index (χ2n) is 2.90. The van der Waals surface area contributed by atoms with Gasteiger partial charge >= 0.3 is 5.97 Å². The molecule has 0 radical (unpaired) electrons. The highest BCUT2D eigenvalue weighted by atomic mass is 16.4. The minimum atomic E-state index is -0.879. The molecule has 12 heavy (non-hydrogen) atoms. The van der Waals surface area contributed by atoms with Crippen molar-refractivity contribution in [3.05, 3.63) is 12.7 Å². The van der Waals surface area contributed by atoms with E-state index in [1.807, 2.05) is 13.8 Å². The lowest BCUT2D eigenvalue weighted by Crippen LogP contribution is -2.24. The van der Waals surface area contributed by atoms with Gasteiger partial charge in [-0.25, -0.2) is 14.5 Å². The number of carbonyl (C=O) groups is 1. The summed E-state index contributed by atoms with van der Waals surface area (Å²) in [7, 11) is 0. The maximum Gasteiger partial charge on any atom is 0.328 e. The van der Waals surface area contributed by atoms with Crippen molar-refractivity contribution in [2.75, 3.05) is 0 Å². The zero-order chi connectivity index (χ0) is 9.14. The third-order valence-corrected chi connectivity index (χ3v) is 1.61. The molecule has 66 valence electrons. The van der Waals surface area contributed by atoms with E-state index in [9.17, 15) is 4.79 Å². The van der Waals surface area contributed by atoms with E-state index in [0.29, 0.717) is 0 Å². The van der Waals surface area contributed by atoms with Crippen LogP contribution in [0.5, 0.6) is 0 Å². The van der Waals surface area contributed by atoms with Gasteiger partial charge in [0, 0.05) is 0 Å². The van der Waals surface area contributed by atoms with E-state index in [4.69, 9.17) is 5.11 Å². The highest BCUT2D eigenvalue weighted by molar-refractivity contribution is 5.71. The Morgan fingerprint density at radius 2 is 2.25 bits per heavy atom. The minimum absolute atomic E-state index is 0.00389. The van der Waals surface area contributed by atoms with Crippen molar-refractivity contribution in [1.29, 1.82) is 0 Å². The van der Waals surface area contributed by atoms with Crippen molar-refractivity contribution < 1.29 is 9.90 Å². The first-order valence-electron chi connectivity index (χ1n) is 3.70. The van der Waals surface area contributed by atoms with Crippen LogP contribution in [0.2, 0.25) is 0 Å². The molecular weight excluding hydrogens is 158 g/mol. The average molecular weight is 169 g/mol. The van der Waals surface area contributed by atoms with Crippen molar-refractivity contribution in [2.24, 2.45) is 5.92 Å². The van der Waals surface area contributed by atoms with Crippen LogP contribution in [-0.4, -0.2) is 25.8 Å². The number of hydrogen-bond acceptors (Lipinski definition) is 3. The predicted molar refractivity (Wildman–Crippen MR) is 41.5 cm³/mol. The standard InChI is InChI=1S/C7H11N3O2/c1-5(2)6(7(11)12)10-4-8-3-9-10/h3-6H,1-2H3,(H,11,12)/t6-/m1/s1. The number of nitrogens with zero attached hydrogens (tertiary/aromatic N) is 3. The van der Waals surface area contributed by atoms with Crippen LogP contribution in [0.25, 0.3) is 0 Å². The normalized spacial score (nSPS) is 13.2. The van der Waals surface area contributed by atoms with Crippen molar-refractivity contribution in [2.45, 2.75) is 19.9 Å². The molecule has 0 aliphatic carbocycles. The first-order chi connectivity index (χ1) is 5.63. The van der Waals surface area contributed by atoms with E-state index in [1.54, 1.807) is 0 Å². The summed E-state index contributed by atoms with van der Waals surface area (Å²) in [5.74, 6) is -0.875. The van der Waals surface area contributed by atoms with Crippen LogP contribution in [0.4, 0.5) is 0 Å². The number of carboxylic acid groups (broad SMARTS) is 1. The van der Waals surface area contributed by atoms with Crippen molar-refractivity contribution in [3.8, 4) is 0 Å². The Morgan fingerprint density at radius 1 is 1.58 bits per heavy atom. The van der Waals surface area contributed by atoms with Gasteiger partial charge < -0.3 is 5.11 Å². The highest BCUT2D eigenvalue weighted by Gasteiger charge is 2.23. The van der Waals surface area contributed by atoms with Gasteiger partial charge in [0.15, 0.2) is 6.04 Å². The smallest absolute Gasteiger partial charge is 0.328 e. The molecule has 1 aromatic heterocycles. The van der Waals surface area contributed by atoms with Gasteiger partial charge in [0.1, 0.15) is 12.7 Å². The van der Waals surface area contributed by atoms with Crippen LogP contribution in [0, 0.1) is 5.92 Å². The third kappa shape index (κ3) is 1.61. The summed E-state index contributed by atoms with van der Waals surface area (Å²) in [6, 6.07) is -0.618. The average Bonchev–Trinajstić information content (AvgIpc) is 2.37. The fourth-order valence-electron chi connectivity index (χ4n) is 1.06. The number of aliphatic carboxylic acids is 1. The molecule has 0 fully saturated rings. The number of aromatic nitrogens is 3. The van der Waals surface area contributed by atoms with Gasteiger partial charge in [0.25, 0.3) is 0 Å². The molecule has 0 aliphatic rings. The molecule has 0 saturated heterocycles. The second kappa shape index (κ2) is 3.34. The molecule has 5 nitrogen and oxygen atoms in total. The molecule has 1 rings (SSSR count). The largest absolute Gasteiger partial charge is 0.480 e. The third-order valence-electron chi connectivity index (χ3n) is 1.61. The fourth-order valence-corrected chi connectivity index (χ4v) is 1.06. The van der Waals surface area contributed by atoms with Gasteiger partial charge in [-0.3, -0.25) is 0 Å². The van der Waals surface area contributed by atoms with Crippen LogP contribution in [-0.2, 0) is 4.79 Å². The number of carboxylic acids is 1. The van der Waals surface area contributed by atoms with Gasteiger partial charge in [-0.1, -0.05) is 13.8 Å². The van der Waals surface area contributed by atoms with E-state index >= 15 is 0 Å². The molecule has 0 spiro atoms. The monoisotopic (exact) mass is 169 g/mol. The number of rotatable bonds is 3. The Morgan fingerprint density at radius 3 is 2.58 bits per heavy atom. The molecule has 0 amide bonds. The van der Waals surface area contributed by atoms with E-state index in [0.717, 1.165) is 0 Å². The molecule has 1 N–H and O–H groups in total. The second-order valence-corrected chi connectivity index (χ2v) is 2.90. The van der Waals surface area contributed by atoms with Crippen LogP contribution in [0.1, 0.15) is 19.9 Å². The minimum Gasteiger partial charge on any atom is -0.480 e. The zero-order valence-corrected chi connectivity index (χ0v) is 7.01. The van der Waals surface area contributed by atoms with Gasteiger partial charge in [-0.15, -0.1) is 0 Å². The van der Waals surface area contributed by atoms with E-state index in [1.165, 1.54) is 17.3 Å². The Balaban J connectivity index is 2.88. The summed E-state index contributed by atoms with van der Waals surface area (Å²) in [4.78, 5) is 14.4. The van der Waals surface area contributed by atoms with Crippen molar-refractivity contribution >= 4 is 5.97 Å². The van der Waals surface area contributed by atoms with Crippen LogP contribution in [0.3, 0.4) is 0 Å². The lowest BCUT2D eigenvalue weighted by Gasteiger charge is -2.15. The topological polar surface area (TPSA) is 68.0 Å².